The minimum Gasteiger partial charge on any atom is -0.480 e. The molecule has 1 unspecified atom stereocenters. The zero-order chi connectivity index (χ0) is 13.8. The number of likely N-dealkylation sites (N-methyl/N-ethyl adjacent to an activating group) is 2. The van der Waals surface area contributed by atoms with Crippen LogP contribution in [0.15, 0.2) is 0 Å². The van der Waals surface area contributed by atoms with Crippen molar-refractivity contribution < 1.29 is 9.90 Å². The maximum Gasteiger partial charge on any atom is 0.325 e. The third-order valence-corrected chi connectivity index (χ3v) is 3.76. The zero-order valence-corrected chi connectivity index (χ0v) is 12.2. The average molecular weight is 256 g/mol. The maximum absolute atomic E-state index is 11.7. The number of carboxylic acids is 1. The van der Waals surface area contributed by atoms with Crippen LogP contribution in [0.25, 0.3) is 0 Å². The van der Waals surface area contributed by atoms with E-state index in [1.807, 2.05) is 14.0 Å². The van der Waals surface area contributed by atoms with Gasteiger partial charge in [-0.05, 0) is 51.2 Å². The molecule has 0 amide bonds. The first-order valence-electron chi connectivity index (χ1n) is 7.09. The molecule has 0 aromatic heterocycles. The highest BCUT2D eigenvalue weighted by Crippen LogP contribution is 2.40. The molecule has 0 aliphatic heterocycles. The van der Waals surface area contributed by atoms with E-state index in [4.69, 9.17) is 0 Å². The van der Waals surface area contributed by atoms with Gasteiger partial charge in [-0.1, -0.05) is 20.8 Å². The van der Waals surface area contributed by atoms with Gasteiger partial charge in [-0.3, -0.25) is 4.79 Å². The van der Waals surface area contributed by atoms with E-state index in [-0.39, 0.29) is 0 Å². The molecule has 0 bridgehead atoms. The smallest absolute Gasteiger partial charge is 0.325 e. The summed E-state index contributed by atoms with van der Waals surface area (Å²) in [7, 11) is 2.03. The highest BCUT2D eigenvalue weighted by atomic mass is 16.4. The van der Waals surface area contributed by atoms with Crippen molar-refractivity contribution in [3.05, 3.63) is 0 Å². The Labute approximate surface area is 111 Å². The number of rotatable bonds is 9. The topological polar surface area (TPSA) is 52.6 Å². The Hall–Kier alpha value is -0.610. The Bertz CT molecular complexity index is 277. The van der Waals surface area contributed by atoms with Crippen molar-refractivity contribution in [3.8, 4) is 0 Å². The van der Waals surface area contributed by atoms with Gasteiger partial charge in [0.1, 0.15) is 5.54 Å². The monoisotopic (exact) mass is 256 g/mol. The summed E-state index contributed by atoms with van der Waals surface area (Å²) in [4.78, 5) is 13.8. The van der Waals surface area contributed by atoms with Gasteiger partial charge < -0.3 is 15.3 Å². The van der Waals surface area contributed by atoms with Crippen LogP contribution in [0.3, 0.4) is 0 Å². The molecule has 0 radical (unpaired) electrons. The molecule has 18 heavy (non-hydrogen) atoms. The summed E-state index contributed by atoms with van der Waals surface area (Å²) in [5.74, 6) is 0.270. The summed E-state index contributed by atoms with van der Waals surface area (Å²) in [6.45, 7) is 8.65. The van der Waals surface area contributed by atoms with Gasteiger partial charge >= 0.3 is 5.97 Å². The summed E-state index contributed by atoms with van der Waals surface area (Å²) in [6, 6.07) is 0. The van der Waals surface area contributed by atoms with Crippen molar-refractivity contribution in [2.45, 2.75) is 45.6 Å². The second kappa shape index (κ2) is 6.53. The number of nitrogens with one attached hydrogen (secondary N) is 1. The van der Waals surface area contributed by atoms with Gasteiger partial charge in [-0.2, -0.15) is 0 Å². The number of hydrogen-bond acceptors (Lipinski definition) is 3. The molecule has 4 nitrogen and oxygen atoms in total. The van der Waals surface area contributed by atoms with Crippen LogP contribution in [-0.4, -0.2) is 48.2 Å². The van der Waals surface area contributed by atoms with Gasteiger partial charge in [0, 0.05) is 6.54 Å². The Kier molecular flexibility index (Phi) is 5.60. The Morgan fingerprint density at radius 3 is 2.50 bits per heavy atom. The summed E-state index contributed by atoms with van der Waals surface area (Å²) in [6.07, 6.45) is 3.19. The lowest BCUT2D eigenvalue weighted by Gasteiger charge is -2.34. The fourth-order valence-electron chi connectivity index (χ4n) is 2.52. The van der Waals surface area contributed by atoms with Crippen molar-refractivity contribution in [1.82, 2.24) is 10.2 Å². The molecule has 4 heteroatoms. The molecule has 1 rings (SSSR count). The van der Waals surface area contributed by atoms with Crippen LogP contribution in [-0.2, 0) is 4.79 Å². The average Bonchev–Trinajstić information content (AvgIpc) is 3.09. The fraction of sp³-hybridized carbons (Fsp3) is 0.929. The van der Waals surface area contributed by atoms with Gasteiger partial charge in [0.05, 0.1) is 0 Å². The van der Waals surface area contributed by atoms with E-state index in [0.29, 0.717) is 24.9 Å². The molecule has 2 N–H and O–H groups in total. The minimum atomic E-state index is -0.736. The number of carbonyl (C=O) groups is 1. The molecule has 0 aromatic rings. The molecule has 1 aliphatic rings. The van der Waals surface area contributed by atoms with Crippen LogP contribution in [0.5, 0.6) is 0 Å². The van der Waals surface area contributed by atoms with E-state index in [2.05, 4.69) is 24.1 Å². The van der Waals surface area contributed by atoms with Crippen molar-refractivity contribution in [2.24, 2.45) is 11.8 Å². The normalized spacial score (nSPS) is 19.2. The summed E-state index contributed by atoms with van der Waals surface area (Å²) >= 11 is 0. The Morgan fingerprint density at radius 2 is 2.11 bits per heavy atom. The first-order chi connectivity index (χ1) is 8.42. The quantitative estimate of drug-likeness (QED) is 0.660. The van der Waals surface area contributed by atoms with Gasteiger partial charge in [0.25, 0.3) is 0 Å². The van der Waals surface area contributed by atoms with E-state index in [1.54, 1.807) is 0 Å². The number of carboxylic acid groups (broad SMARTS) is 1. The van der Waals surface area contributed by atoms with E-state index >= 15 is 0 Å². The molecule has 106 valence electrons. The molecule has 0 aromatic carbocycles. The van der Waals surface area contributed by atoms with Crippen molar-refractivity contribution >= 4 is 5.97 Å². The van der Waals surface area contributed by atoms with Crippen molar-refractivity contribution in [3.63, 3.8) is 0 Å². The first-order valence-corrected chi connectivity index (χ1v) is 7.09. The highest BCUT2D eigenvalue weighted by molar-refractivity contribution is 5.80. The first kappa shape index (κ1) is 15.4. The third-order valence-electron chi connectivity index (χ3n) is 3.76. The summed E-state index contributed by atoms with van der Waals surface area (Å²) < 4.78 is 0. The molecule has 0 saturated heterocycles. The predicted molar refractivity (Wildman–Crippen MR) is 73.7 cm³/mol. The van der Waals surface area contributed by atoms with Crippen LogP contribution in [0, 0.1) is 11.8 Å². The lowest BCUT2D eigenvalue weighted by Crippen LogP contribution is -2.60. The standard InChI is InChI=1S/C14H28N2O2/c1-5-15-14(13(17)18,12-6-7-12)10-16(4)9-8-11(2)3/h11-12,15H,5-10H2,1-4H3,(H,17,18). The fourth-order valence-corrected chi connectivity index (χ4v) is 2.52. The SMILES string of the molecule is CCNC(CN(C)CCC(C)C)(C(=O)O)C1CC1. The number of nitrogens with zero attached hydrogens (tertiary/aromatic N) is 1. The summed E-state index contributed by atoms with van der Waals surface area (Å²) in [5.41, 5.74) is -0.736. The van der Waals surface area contributed by atoms with Crippen LogP contribution in [0.4, 0.5) is 0 Å². The maximum atomic E-state index is 11.7. The Morgan fingerprint density at radius 1 is 1.50 bits per heavy atom. The zero-order valence-electron chi connectivity index (χ0n) is 12.2. The van der Waals surface area contributed by atoms with Crippen LogP contribution < -0.4 is 5.32 Å². The van der Waals surface area contributed by atoms with Crippen molar-refractivity contribution in [2.75, 3.05) is 26.7 Å². The van der Waals surface area contributed by atoms with Gasteiger partial charge in [0.2, 0.25) is 0 Å². The molecule has 1 fully saturated rings. The van der Waals surface area contributed by atoms with Gasteiger partial charge in [0.15, 0.2) is 0 Å². The molecule has 0 heterocycles. The Balaban J connectivity index is 2.62. The van der Waals surface area contributed by atoms with E-state index in [0.717, 1.165) is 25.8 Å². The van der Waals surface area contributed by atoms with Gasteiger partial charge in [-0.15, -0.1) is 0 Å². The lowest BCUT2D eigenvalue weighted by atomic mass is 9.92. The molecule has 0 spiro atoms. The largest absolute Gasteiger partial charge is 0.480 e. The highest BCUT2D eigenvalue weighted by Gasteiger charge is 2.51. The van der Waals surface area contributed by atoms with E-state index < -0.39 is 11.5 Å². The minimum absolute atomic E-state index is 0.302. The number of hydrogen-bond donors (Lipinski definition) is 2. The third kappa shape index (κ3) is 3.95. The van der Waals surface area contributed by atoms with Crippen molar-refractivity contribution in [1.29, 1.82) is 0 Å². The van der Waals surface area contributed by atoms with Gasteiger partial charge in [-0.25, -0.2) is 0 Å². The lowest BCUT2D eigenvalue weighted by molar-refractivity contribution is -0.146. The van der Waals surface area contributed by atoms with Crippen LogP contribution >= 0.6 is 0 Å². The molecule has 1 aliphatic carbocycles. The second-order valence-electron chi connectivity index (χ2n) is 6.00. The second-order valence-corrected chi connectivity index (χ2v) is 6.00. The molecule has 1 atom stereocenters. The van der Waals surface area contributed by atoms with Crippen LogP contribution in [0.2, 0.25) is 0 Å². The molecule has 1 saturated carbocycles. The predicted octanol–water partition coefficient (Wildman–Crippen LogP) is 1.81. The number of aliphatic carboxylic acids is 1. The van der Waals surface area contributed by atoms with E-state index in [1.165, 1.54) is 0 Å². The summed E-state index contributed by atoms with van der Waals surface area (Å²) in [5, 5.41) is 12.8. The van der Waals surface area contributed by atoms with Crippen LogP contribution in [0.1, 0.15) is 40.0 Å². The molecular weight excluding hydrogens is 228 g/mol. The van der Waals surface area contributed by atoms with E-state index in [9.17, 15) is 9.90 Å². The molecular formula is C14H28N2O2.